The summed E-state index contributed by atoms with van der Waals surface area (Å²) in [7, 11) is -4.07. The van der Waals surface area contributed by atoms with Crippen molar-refractivity contribution in [2.75, 3.05) is 25.6 Å². The number of carbonyl (C=O) groups excluding carboxylic acids is 2. The maximum atomic E-state index is 13.8. The van der Waals surface area contributed by atoms with Gasteiger partial charge in [-0.1, -0.05) is 55.9 Å². The zero-order chi connectivity index (χ0) is 34.3. The van der Waals surface area contributed by atoms with Crippen LogP contribution >= 0.6 is 31.1 Å². The second kappa shape index (κ2) is 16.3. The number of H-pyrrole nitrogens is 1. The van der Waals surface area contributed by atoms with E-state index in [0.717, 1.165) is 28.0 Å². The van der Waals surface area contributed by atoms with Crippen LogP contribution < -0.4 is 22.1 Å². The van der Waals surface area contributed by atoms with Crippen molar-refractivity contribution in [3.05, 3.63) is 69.0 Å². The molecular weight excluding hydrogens is 663 g/mol. The van der Waals surface area contributed by atoms with Gasteiger partial charge in [0.25, 0.3) is 5.56 Å². The Bertz CT molecular complexity index is 1500. The molecule has 17 heteroatoms. The Kier molecular flexibility index (Phi) is 13.6. The number of aromatic nitrogens is 2. The van der Waals surface area contributed by atoms with Crippen LogP contribution in [0.3, 0.4) is 0 Å². The third-order valence-electron chi connectivity index (χ3n) is 7.28. The number of nitrogens with zero attached hydrogens (tertiary/aromatic N) is 1. The van der Waals surface area contributed by atoms with E-state index in [-0.39, 0.29) is 42.3 Å². The van der Waals surface area contributed by atoms with Gasteiger partial charge in [-0.05, 0) is 32.3 Å². The Morgan fingerprint density at radius 1 is 1.24 bits per heavy atom. The van der Waals surface area contributed by atoms with Gasteiger partial charge in [-0.15, -0.1) is 11.6 Å². The monoisotopic (exact) mass is 704 g/mol. The van der Waals surface area contributed by atoms with E-state index in [0.29, 0.717) is 0 Å². The molecule has 1 fully saturated rings. The van der Waals surface area contributed by atoms with Gasteiger partial charge in [0.15, 0.2) is 12.0 Å². The predicted octanol–water partition coefficient (Wildman–Crippen LogP) is 2.33. The van der Waals surface area contributed by atoms with Crippen LogP contribution in [0.15, 0.2) is 52.2 Å². The summed E-state index contributed by atoms with van der Waals surface area (Å²) in [6.45, 7) is 7.34. The highest BCUT2D eigenvalue weighted by molar-refractivity contribution is 8.13. The number of hydrogen-bond donors (Lipinski definition) is 4. The number of aromatic amines is 1. The summed E-state index contributed by atoms with van der Waals surface area (Å²) in [6, 6.07) is 9.48. The van der Waals surface area contributed by atoms with Gasteiger partial charge < -0.3 is 20.3 Å². The molecule has 0 spiro atoms. The number of aliphatic hydroxyl groups is 1. The Balaban J connectivity index is 1.63. The first-order valence-corrected chi connectivity index (χ1v) is 17.5. The summed E-state index contributed by atoms with van der Waals surface area (Å²) in [4.78, 5) is 49.5. The normalized spacial score (nSPS) is 23.7. The van der Waals surface area contributed by atoms with Crippen molar-refractivity contribution in [1.29, 1.82) is 0 Å². The van der Waals surface area contributed by atoms with Crippen LogP contribution in [0.5, 0.6) is 0 Å². The summed E-state index contributed by atoms with van der Waals surface area (Å²) in [5, 5.41) is 13.3. The summed E-state index contributed by atoms with van der Waals surface area (Å²) in [5.74, 6) is -0.306. The van der Waals surface area contributed by atoms with Gasteiger partial charge >= 0.3 is 13.4 Å². The first kappa shape index (κ1) is 38.3. The average Bonchev–Trinajstić information content (AvgIpc) is 3.23. The van der Waals surface area contributed by atoms with Crippen molar-refractivity contribution in [1.82, 2.24) is 14.6 Å². The lowest BCUT2D eigenvalue weighted by molar-refractivity contribution is -0.139. The van der Waals surface area contributed by atoms with Crippen molar-refractivity contribution in [3.8, 4) is 0 Å². The highest BCUT2D eigenvalue weighted by Crippen LogP contribution is 2.47. The number of nitrogens with two attached hydrogens (primary N) is 1. The molecule has 0 radical (unpaired) electrons. The molecule has 2 heterocycles. The molecule has 1 aliphatic heterocycles. The maximum absolute atomic E-state index is 13.8. The van der Waals surface area contributed by atoms with Crippen LogP contribution in [-0.2, 0) is 39.2 Å². The van der Waals surface area contributed by atoms with Crippen LogP contribution in [0.4, 0.5) is 0 Å². The highest BCUT2D eigenvalue weighted by atomic mass is 35.5. The predicted molar refractivity (Wildman–Crippen MR) is 174 cm³/mol. The minimum Gasteiger partial charge on any atom is -0.388 e. The molecule has 3 rings (SSSR count). The van der Waals surface area contributed by atoms with E-state index in [2.05, 4.69) is 10.1 Å². The second-order valence-electron chi connectivity index (χ2n) is 11.8. The Hall–Kier alpha value is -2.17. The average molecular weight is 705 g/mol. The lowest BCUT2D eigenvalue weighted by Gasteiger charge is -2.26. The zero-order valence-corrected chi connectivity index (χ0v) is 28.8. The molecule has 256 valence electrons. The number of hydrogen-bond acceptors (Lipinski definition) is 12. The van der Waals surface area contributed by atoms with E-state index in [1.54, 1.807) is 13.8 Å². The number of aliphatic hydroxyl groups excluding tert-OH is 1. The van der Waals surface area contributed by atoms with E-state index in [9.17, 15) is 28.8 Å². The first-order valence-electron chi connectivity index (χ1n) is 14.6. The number of carbonyl (C=O) groups is 2. The van der Waals surface area contributed by atoms with Crippen LogP contribution in [0, 0.1) is 5.92 Å². The Labute approximate surface area is 276 Å². The van der Waals surface area contributed by atoms with Crippen LogP contribution in [0.1, 0.15) is 46.4 Å². The number of rotatable bonds is 17. The number of ketones is 1. The van der Waals surface area contributed by atoms with Gasteiger partial charge in [0.1, 0.15) is 29.3 Å². The summed E-state index contributed by atoms with van der Waals surface area (Å²) < 4.78 is 37.6. The van der Waals surface area contributed by atoms with Gasteiger partial charge in [-0.25, -0.2) is 14.4 Å². The largest absolute Gasteiger partial charge is 0.405 e. The third kappa shape index (κ3) is 10.2. The molecular formula is C29H42ClN4O10PS. The van der Waals surface area contributed by atoms with E-state index >= 15 is 0 Å². The Morgan fingerprint density at radius 3 is 2.54 bits per heavy atom. The molecule has 1 saturated heterocycles. The van der Waals surface area contributed by atoms with Gasteiger partial charge in [-0.3, -0.25) is 33.0 Å². The van der Waals surface area contributed by atoms with E-state index in [1.165, 1.54) is 13.1 Å². The van der Waals surface area contributed by atoms with Gasteiger partial charge in [0.05, 0.1) is 19.3 Å². The van der Waals surface area contributed by atoms with E-state index < -0.39 is 60.6 Å². The minimum atomic E-state index is -4.07. The smallest absolute Gasteiger partial charge is 0.388 e. The van der Waals surface area contributed by atoms with Crippen molar-refractivity contribution in [2.24, 2.45) is 11.7 Å². The van der Waals surface area contributed by atoms with Crippen LogP contribution in [-0.4, -0.2) is 79.9 Å². The van der Waals surface area contributed by atoms with Crippen LogP contribution in [0.25, 0.3) is 0 Å². The highest BCUT2D eigenvalue weighted by Gasteiger charge is 2.54. The number of benzene rings is 1. The zero-order valence-electron chi connectivity index (χ0n) is 26.3. The van der Waals surface area contributed by atoms with Gasteiger partial charge in [-0.2, -0.15) is 0 Å². The molecule has 1 aliphatic rings. The molecule has 5 N–H and O–H groups in total. The third-order valence-corrected chi connectivity index (χ3v) is 10.4. The fraction of sp³-hybridized carbons (Fsp3) is 0.586. The molecule has 14 nitrogen and oxygen atoms in total. The second-order valence-corrected chi connectivity index (χ2v) is 15.5. The number of nitrogens with one attached hydrogen (secondary N) is 2. The molecule has 0 saturated carbocycles. The minimum absolute atomic E-state index is 0.0699. The number of Topliss-reactive ketones (excluding diaryl/α,β-unsaturated/α-hetero) is 1. The van der Waals surface area contributed by atoms with Gasteiger partial charge in [0, 0.05) is 24.6 Å². The first-order chi connectivity index (χ1) is 21.5. The topological polar surface area (TPSA) is 201 Å². The standard InChI is InChI=1S/C29H42ClN4O10PS/c1-18(2)23(31)20(35)16-41-28(3,4)26(38)46-14-13-42-45(40,32-15-19-9-7-6-8-10-19)43-17-21-24(37)29(5,30)25(44-21)34-12-11-22(36)33-27(34)39/h6-12,18,21,23-25,37H,13-17,31H2,1-5H3,(H,32,40)(H,33,36,39)/t21-,23-,24-,25-,29-,45-/m1/s1. The number of ether oxygens (including phenoxy) is 2. The lowest BCUT2D eigenvalue weighted by atomic mass is 10.0. The van der Waals surface area contributed by atoms with Crippen LogP contribution in [0.2, 0.25) is 0 Å². The summed E-state index contributed by atoms with van der Waals surface area (Å²) in [6.07, 6.45) is -2.51. The van der Waals surface area contributed by atoms with Crippen molar-refractivity contribution >= 4 is 42.0 Å². The fourth-order valence-electron chi connectivity index (χ4n) is 4.29. The van der Waals surface area contributed by atoms with Crippen molar-refractivity contribution < 1.29 is 37.8 Å². The molecule has 0 aliphatic carbocycles. The number of thioether (sulfide) groups is 1. The van der Waals surface area contributed by atoms with Crippen molar-refractivity contribution in [2.45, 2.75) is 76.1 Å². The molecule has 0 unspecified atom stereocenters. The molecule has 46 heavy (non-hydrogen) atoms. The Morgan fingerprint density at radius 2 is 1.91 bits per heavy atom. The molecule has 0 amide bonds. The fourth-order valence-corrected chi connectivity index (χ4v) is 6.78. The summed E-state index contributed by atoms with van der Waals surface area (Å²) in [5.41, 5.74) is 3.95. The molecule has 1 aromatic heterocycles. The summed E-state index contributed by atoms with van der Waals surface area (Å²) >= 11 is 7.46. The number of alkyl halides is 1. The quantitative estimate of drug-likeness (QED) is 0.106. The maximum Gasteiger partial charge on any atom is 0.405 e. The molecule has 1 aromatic carbocycles. The van der Waals surface area contributed by atoms with E-state index in [1.807, 2.05) is 44.2 Å². The number of halogens is 1. The van der Waals surface area contributed by atoms with E-state index in [4.69, 9.17) is 35.9 Å². The molecule has 2 aromatic rings. The SMILES string of the molecule is CC(C)[C@@H](N)C(=O)COC(C)(C)C(=O)SCCO[P@](=O)(NCc1ccccc1)OC[C@H]1O[C@@H](n2ccc(=O)[nH]c2=O)[C@](C)(Cl)[C@@H]1O. The lowest BCUT2D eigenvalue weighted by Crippen LogP contribution is -2.43. The van der Waals surface area contributed by atoms with Gasteiger partial charge in [0.2, 0.25) is 5.12 Å². The van der Waals surface area contributed by atoms with Crippen molar-refractivity contribution in [3.63, 3.8) is 0 Å². The molecule has 6 atom stereocenters. The molecule has 0 bridgehead atoms.